The number of rotatable bonds is 6. The molecule has 1 heterocycles. The molecule has 0 aliphatic carbocycles. The number of hydrogen-bond acceptors (Lipinski definition) is 5. The van der Waals surface area contributed by atoms with Crippen LogP contribution in [0.4, 0.5) is 0 Å². The summed E-state index contributed by atoms with van der Waals surface area (Å²) in [7, 11) is 1.33. The molecular formula is C12H18N2O3S. The molecule has 0 saturated carbocycles. The molecular weight excluding hydrogens is 252 g/mol. The van der Waals surface area contributed by atoms with Gasteiger partial charge in [0.25, 0.3) is 0 Å². The van der Waals surface area contributed by atoms with E-state index >= 15 is 0 Å². The van der Waals surface area contributed by atoms with Gasteiger partial charge >= 0.3 is 5.97 Å². The minimum Gasteiger partial charge on any atom is -0.469 e. The first-order chi connectivity index (χ1) is 8.58. The number of hydrogen-bond donors (Lipinski definition) is 2. The summed E-state index contributed by atoms with van der Waals surface area (Å²) < 4.78 is 4.63. The van der Waals surface area contributed by atoms with E-state index in [2.05, 4.69) is 10.1 Å². The second kappa shape index (κ2) is 7.13. The topological polar surface area (TPSA) is 81.4 Å². The Bertz CT molecular complexity index is 392. The van der Waals surface area contributed by atoms with E-state index < -0.39 is 6.04 Å². The average molecular weight is 270 g/mol. The molecule has 0 aliphatic heterocycles. The first-order valence-corrected chi connectivity index (χ1v) is 6.62. The zero-order valence-corrected chi connectivity index (χ0v) is 11.3. The summed E-state index contributed by atoms with van der Waals surface area (Å²) >= 11 is 1.48. The molecule has 3 N–H and O–H groups in total. The molecule has 0 spiro atoms. The van der Waals surface area contributed by atoms with E-state index in [1.807, 2.05) is 24.4 Å². The van der Waals surface area contributed by atoms with Crippen molar-refractivity contribution in [2.75, 3.05) is 7.11 Å². The summed E-state index contributed by atoms with van der Waals surface area (Å²) in [6.45, 7) is 1.84. The third-order valence-electron chi connectivity index (χ3n) is 2.58. The Morgan fingerprint density at radius 2 is 2.28 bits per heavy atom. The van der Waals surface area contributed by atoms with Gasteiger partial charge in [0.1, 0.15) is 0 Å². The van der Waals surface area contributed by atoms with Crippen LogP contribution in [0.3, 0.4) is 0 Å². The summed E-state index contributed by atoms with van der Waals surface area (Å²) in [6, 6.07) is 2.82. The van der Waals surface area contributed by atoms with Crippen LogP contribution in [0, 0.1) is 0 Å². The highest BCUT2D eigenvalue weighted by Gasteiger charge is 2.21. The average Bonchev–Trinajstić information content (AvgIpc) is 2.90. The Morgan fingerprint density at radius 1 is 1.56 bits per heavy atom. The molecule has 6 heteroatoms. The van der Waals surface area contributed by atoms with Crippen molar-refractivity contribution in [2.24, 2.45) is 5.73 Å². The zero-order valence-electron chi connectivity index (χ0n) is 10.5. The number of thiophene rings is 1. The normalized spacial score (nSPS) is 13.7. The molecule has 0 fully saturated rings. The lowest BCUT2D eigenvalue weighted by Crippen LogP contribution is -2.42. The maximum atomic E-state index is 11.8. The SMILES string of the molecule is CCC(N)C(=O)NC(CC(=O)OC)c1cccs1. The fourth-order valence-corrected chi connectivity index (χ4v) is 2.20. The molecule has 5 nitrogen and oxygen atoms in total. The number of carbonyl (C=O) groups is 2. The van der Waals surface area contributed by atoms with Gasteiger partial charge < -0.3 is 15.8 Å². The van der Waals surface area contributed by atoms with E-state index in [4.69, 9.17) is 5.73 Å². The Balaban J connectivity index is 2.72. The smallest absolute Gasteiger partial charge is 0.307 e. The van der Waals surface area contributed by atoms with Crippen LogP contribution in [-0.4, -0.2) is 25.0 Å². The van der Waals surface area contributed by atoms with Crippen LogP contribution in [0.5, 0.6) is 0 Å². The molecule has 1 rings (SSSR count). The standard InChI is InChI=1S/C12H18N2O3S/c1-3-8(13)12(16)14-9(7-11(15)17-2)10-5-4-6-18-10/h4-6,8-9H,3,7,13H2,1-2H3,(H,14,16). The second-order valence-corrected chi connectivity index (χ2v) is 4.85. The molecule has 2 atom stereocenters. The second-order valence-electron chi connectivity index (χ2n) is 3.87. The van der Waals surface area contributed by atoms with E-state index in [0.717, 1.165) is 4.88 Å². The first kappa shape index (κ1) is 14.7. The van der Waals surface area contributed by atoms with E-state index in [1.54, 1.807) is 0 Å². The number of esters is 1. The van der Waals surface area contributed by atoms with E-state index in [0.29, 0.717) is 6.42 Å². The molecule has 0 saturated heterocycles. The summed E-state index contributed by atoms with van der Waals surface area (Å²) in [5, 5.41) is 4.68. The number of carbonyl (C=O) groups excluding carboxylic acids is 2. The number of nitrogens with one attached hydrogen (secondary N) is 1. The minimum absolute atomic E-state index is 0.110. The molecule has 100 valence electrons. The van der Waals surface area contributed by atoms with Crippen LogP contribution < -0.4 is 11.1 Å². The van der Waals surface area contributed by atoms with Gasteiger partial charge in [0.05, 0.1) is 25.6 Å². The number of nitrogens with two attached hydrogens (primary N) is 1. The molecule has 1 amide bonds. The first-order valence-electron chi connectivity index (χ1n) is 5.74. The van der Waals surface area contributed by atoms with Crippen LogP contribution in [0.2, 0.25) is 0 Å². The van der Waals surface area contributed by atoms with Crippen LogP contribution in [0.1, 0.15) is 30.7 Å². The van der Waals surface area contributed by atoms with E-state index in [-0.39, 0.29) is 24.3 Å². The summed E-state index contributed by atoms with van der Waals surface area (Å²) in [5.74, 6) is -0.612. The molecule has 1 aromatic heterocycles. The third-order valence-corrected chi connectivity index (χ3v) is 3.56. The number of methoxy groups -OCH3 is 1. The maximum absolute atomic E-state index is 11.8. The predicted molar refractivity (Wildman–Crippen MR) is 70.1 cm³/mol. The van der Waals surface area contributed by atoms with Gasteiger partial charge in [0.15, 0.2) is 0 Å². The third kappa shape index (κ3) is 4.12. The molecule has 0 radical (unpaired) electrons. The van der Waals surface area contributed by atoms with Gasteiger partial charge in [0.2, 0.25) is 5.91 Å². The van der Waals surface area contributed by atoms with Crippen molar-refractivity contribution in [2.45, 2.75) is 31.8 Å². The zero-order chi connectivity index (χ0) is 13.5. The van der Waals surface area contributed by atoms with Crippen LogP contribution in [-0.2, 0) is 14.3 Å². The molecule has 18 heavy (non-hydrogen) atoms. The van der Waals surface area contributed by atoms with Crippen LogP contribution >= 0.6 is 11.3 Å². The Kier molecular flexibility index (Phi) is 5.80. The van der Waals surface area contributed by atoms with Crippen molar-refractivity contribution in [1.29, 1.82) is 0 Å². The molecule has 0 aliphatic rings. The number of amides is 1. The molecule has 0 aromatic carbocycles. The monoisotopic (exact) mass is 270 g/mol. The summed E-state index contributed by atoms with van der Waals surface area (Å²) in [4.78, 5) is 24.0. The van der Waals surface area contributed by atoms with Crippen molar-refractivity contribution >= 4 is 23.2 Å². The van der Waals surface area contributed by atoms with Crippen molar-refractivity contribution in [3.63, 3.8) is 0 Å². The van der Waals surface area contributed by atoms with Gasteiger partial charge in [-0.2, -0.15) is 0 Å². The van der Waals surface area contributed by atoms with Gasteiger partial charge in [-0.1, -0.05) is 13.0 Å². The lowest BCUT2D eigenvalue weighted by atomic mass is 10.1. The van der Waals surface area contributed by atoms with Crippen molar-refractivity contribution in [1.82, 2.24) is 5.32 Å². The number of ether oxygens (including phenoxy) is 1. The lowest BCUT2D eigenvalue weighted by molar-refractivity contribution is -0.141. The fraction of sp³-hybridized carbons (Fsp3) is 0.500. The predicted octanol–water partition coefficient (Wildman–Crippen LogP) is 1.21. The minimum atomic E-state index is -0.551. The van der Waals surface area contributed by atoms with Crippen LogP contribution in [0.25, 0.3) is 0 Å². The highest BCUT2D eigenvalue weighted by molar-refractivity contribution is 7.10. The van der Waals surface area contributed by atoms with Crippen molar-refractivity contribution in [3.8, 4) is 0 Å². The largest absolute Gasteiger partial charge is 0.469 e. The fourth-order valence-electron chi connectivity index (χ4n) is 1.43. The quantitative estimate of drug-likeness (QED) is 0.761. The highest BCUT2D eigenvalue weighted by atomic mass is 32.1. The van der Waals surface area contributed by atoms with Gasteiger partial charge in [0, 0.05) is 4.88 Å². The Hall–Kier alpha value is -1.40. The van der Waals surface area contributed by atoms with E-state index in [1.165, 1.54) is 18.4 Å². The summed E-state index contributed by atoms with van der Waals surface area (Å²) in [6.07, 6.45) is 0.667. The molecule has 1 aromatic rings. The van der Waals surface area contributed by atoms with Gasteiger partial charge in [-0.25, -0.2) is 0 Å². The van der Waals surface area contributed by atoms with Gasteiger partial charge in [-0.3, -0.25) is 9.59 Å². The maximum Gasteiger partial charge on any atom is 0.307 e. The Morgan fingerprint density at radius 3 is 2.78 bits per heavy atom. The van der Waals surface area contributed by atoms with Gasteiger partial charge in [-0.15, -0.1) is 11.3 Å². The van der Waals surface area contributed by atoms with Crippen molar-refractivity contribution < 1.29 is 14.3 Å². The van der Waals surface area contributed by atoms with E-state index in [9.17, 15) is 9.59 Å². The molecule has 0 bridgehead atoms. The van der Waals surface area contributed by atoms with Gasteiger partial charge in [-0.05, 0) is 17.9 Å². The highest BCUT2D eigenvalue weighted by Crippen LogP contribution is 2.22. The van der Waals surface area contributed by atoms with Crippen LogP contribution in [0.15, 0.2) is 17.5 Å². The lowest BCUT2D eigenvalue weighted by Gasteiger charge is -2.18. The molecule has 2 unspecified atom stereocenters. The Labute approximate surface area is 110 Å². The van der Waals surface area contributed by atoms with Crippen molar-refractivity contribution in [3.05, 3.63) is 22.4 Å². The summed E-state index contributed by atoms with van der Waals surface area (Å²) in [5.41, 5.74) is 5.66.